The number of anilines is 1. The fraction of sp³-hybridized carbons (Fsp3) is 0.300. The van der Waals surface area contributed by atoms with Gasteiger partial charge in [-0.3, -0.25) is 10.1 Å². The summed E-state index contributed by atoms with van der Waals surface area (Å²) < 4.78 is 0. The van der Waals surface area contributed by atoms with Crippen LogP contribution >= 0.6 is 0 Å². The van der Waals surface area contributed by atoms with Gasteiger partial charge in [0.1, 0.15) is 12.1 Å². The molecule has 3 aromatic rings. The van der Waals surface area contributed by atoms with E-state index in [0.717, 1.165) is 46.3 Å². The Balaban J connectivity index is 0.000000948. The van der Waals surface area contributed by atoms with Crippen LogP contribution in [0.5, 0.6) is 0 Å². The summed E-state index contributed by atoms with van der Waals surface area (Å²) >= 11 is 0. The molecule has 1 N–H and O–H groups in total. The lowest BCUT2D eigenvalue weighted by Crippen LogP contribution is -2.20. The van der Waals surface area contributed by atoms with Gasteiger partial charge in [-0.05, 0) is 43.0 Å². The van der Waals surface area contributed by atoms with E-state index in [4.69, 9.17) is 0 Å². The third-order valence-electron chi connectivity index (χ3n) is 4.46. The lowest BCUT2D eigenvalue weighted by Gasteiger charge is -2.14. The largest absolute Gasteiger partial charge is 0.366 e. The average molecular weight is 350 g/mol. The predicted octanol–water partition coefficient (Wildman–Crippen LogP) is 4.45. The van der Waals surface area contributed by atoms with E-state index in [2.05, 4.69) is 21.4 Å². The summed E-state index contributed by atoms with van der Waals surface area (Å²) in [7, 11) is 0. The van der Waals surface area contributed by atoms with Gasteiger partial charge in [0.25, 0.3) is 5.69 Å². The molecule has 1 aliphatic rings. The van der Waals surface area contributed by atoms with E-state index >= 15 is 0 Å². The van der Waals surface area contributed by atoms with Gasteiger partial charge in [-0.15, -0.1) is 0 Å². The Labute approximate surface area is 152 Å². The van der Waals surface area contributed by atoms with Gasteiger partial charge >= 0.3 is 0 Å². The SMILES string of the molecule is CC.Cc1ccc2ncnc(NC3Cc4ccc([N+](=O)[O-])cc4C3)c2c1. The maximum absolute atomic E-state index is 10.9. The highest BCUT2D eigenvalue weighted by Gasteiger charge is 2.24. The second-order valence-corrected chi connectivity index (χ2v) is 6.20. The predicted molar refractivity (Wildman–Crippen MR) is 104 cm³/mol. The fourth-order valence-corrected chi connectivity index (χ4v) is 3.30. The molecule has 0 aliphatic heterocycles. The summed E-state index contributed by atoms with van der Waals surface area (Å²) in [5.74, 6) is 0.816. The van der Waals surface area contributed by atoms with Crippen molar-refractivity contribution in [3.8, 4) is 0 Å². The average Bonchev–Trinajstić information content (AvgIpc) is 3.05. The molecule has 0 radical (unpaired) electrons. The number of non-ortho nitro benzene ring substituents is 1. The van der Waals surface area contributed by atoms with Crippen LogP contribution in [0.25, 0.3) is 10.9 Å². The summed E-state index contributed by atoms with van der Waals surface area (Å²) in [6, 6.07) is 11.4. The van der Waals surface area contributed by atoms with Gasteiger partial charge in [-0.25, -0.2) is 9.97 Å². The molecule has 4 rings (SSSR count). The number of rotatable bonds is 3. The highest BCUT2D eigenvalue weighted by atomic mass is 16.6. The van der Waals surface area contributed by atoms with Crippen molar-refractivity contribution in [2.45, 2.75) is 39.7 Å². The first-order valence-corrected chi connectivity index (χ1v) is 8.84. The number of nitro groups is 1. The molecule has 1 unspecified atom stereocenters. The second kappa shape index (κ2) is 7.47. The molecule has 1 heterocycles. The van der Waals surface area contributed by atoms with Crippen LogP contribution < -0.4 is 5.32 Å². The fourth-order valence-electron chi connectivity index (χ4n) is 3.30. The van der Waals surface area contributed by atoms with Crippen molar-refractivity contribution in [1.29, 1.82) is 0 Å². The zero-order valence-corrected chi connectivity index (χ0v) is 15.2. The Morgan fingerprint density at radius 2 is 1.85 bits per heavy atom. The van der Waals surface area contributed by atoms with Crippen molar-refractivity contribution in [2.75, 3.05) is 5.32 Å². The molecule has 2 aromatic carbocycles. The number of hydrogen-bond acceptors (Lipinski definition) is 5. The van der Waals surface area contributed by atoms with E-state index in [1.807, 2.05) is 39.0 Å². The van der Waals surface area contributed by atoms with Crippen LogP contribution in [0.1, 0.15) is 30.5 Å². The summed E-state index contributed by atoms with van der Waals surface area (Å²) in [5, 5.41) is 15.4. The Bertz CT molecular complexity index is 956. The van der Waals surface area contributed by atoms with Crippen molar-refractivity contribution in [3.63, 3.8) is 0 Å². The number of hydrogen-bond donors (Lipinski definition) is 1. The van der Waals surface area contributed by atoms with Gasteiger partial charge in [-0.1, -0.05) is 31.5 Å². The van der Waals surface area contributed by atoms with Gasteiger partial charge in [0.2, 0.25) is 0 Å². The van der Waals surface area contributed by atoms with E-state index < -0.39 is 0 Å². The molecule has 0 bridgehead atoms. The molecular weight excluding hydrogens is 328 g/mol. The maximum Gasteiger partial charge on any atom is 0.269 e. The molecular formula is C20H22N4O2. The van der Waals surface area contributed by atoms with Crippen LogP contribution in [0, 0.1) is 17.0 Å². The minimum atomic E-state index is -0.345. The Morgan fingerprint density at radius 1 is 1.08 bits per heavy atom. The topological polar surface area (TPSA) is 81.0 Å². The lowest BCUT2D eigenvalue weighted by atomic mass is 10.1. The molecule has 0 saturated heterocycles. The summed E-state index contributed by atoms with van der Waals surface area (Å²) in [4.78, 5) is 19.3. The van der Waals surface area contributed by atoms with Crippen molar-refractivity contribution < 1.29 is 4.92 Å². The number of fused-ring (bicyclic) bond motifs is 2. The Morgan fingerprint density at radius 3 is 2.62 bits per heavy atom. The van der Waals surface area contributed by atoms with Crippen molar-refractivity contribution in [1.82, 2.24) is 9.97 Å². The second-order valence-electron chi connectivity index (χ2n) is 6.20. The van der Waals surface area contributed by atoms with Crippen molar-refractivity contribution >= 4 is 22.4 Å². The van der Waals surface area contributed by atoms with Gasteiger partial charge in [0.15, 0.2) is 0 Å². The van der Waals surface area contributed by atoms with E-state index in [0.29, 0.717) is 0 Å². The van der Waals surface area contributed by atoms with Crippen LogP contribution in [0.4, 0.5) is 11.5 Å². The van der Waals surface area contributed by atoms with Gasteiger partial charge in [0, 0.05) is 23.6 Å². The van der Waals surface area contributed by atoms with E-state index in [1.165, 1.54) is 0 Å². The number of benzene rings is 2. The third-order valence-corrected chi connectivity index (χ3v) is 4.46. The molecule has 134 valence electrons. The zero-order valence-electron chi connectivity index (χ0n) is 15.2. The zero-order chi connectivity index (χ0) is 18.7. The van der Waals surface area contributed by atoms with Crippen molar-refractivity contribution in [2.24, 2.45) is 0 Å². The monoisotopic (exact) mass is 350 g/mol. The molecule has 1 aliphatic carbocycles. The first kappa shape index (κ1) is 17.8. The van der Waals surface area contributed by atoms with E-state index in [1.54, 1.807) is 18.5 Å². The van der Waals surface area contributed by atoms with Crippen molar-refractivity contribution in [3.05, 3.63) is 69.5 Å². The standard InChI is InChI=1S/C18H16N4O2.C2H6/c1-11-2-5-17-16(6-11)18(20-10-19-17)21-14-7-12-3-4-15(22(23)24)9-13(12)8-14;1-2/h2-6,9-10,14H,7-8H2,1H3,(H,19,20,21);1-2H3. The van der Waals surface area contributed by atoms with Crippen LogP contribution in [-0.2, 0) is 12.8 Å². The molecule has 1 atom stereocenters. The van der Waals surface area contributed by atoms with Crippen LogP contribution in [0.15, 0.2) is 42.7 Å². The Kier molecular flexibility index (Phi) is 5.11. The lowest BCUT2D eigenvalue weighted by molar-refractivity contribution is -0.384. The first-order valence-electron chi connectivity index (χ1n) is 8.84. The van der Waals surface area contributed by atoms with Gasteiger partial charge in [-0.2, -0.15) is 0 Å². The molecule has 1 aromatic heterocycles. The number of aromatic nitrogens is 2. The summed E-state index contributed by atoms with van der Waals surface area (Å²) in [6.07, 6.45) is 3.16. The number of nitro benzene ring substituents is 1. The first-order chi connectivity index (χ1) is 12.6. The van der Waals surface area contributed by atoms with E-state index in [9.17, 15) is 10.1 Å². The minimum absolute atomic E-state index is 0.150. The summed E-state index contributed by atoms with van der Waals surface area (Å²) in [5.41, 5.74) is 4.41. The molecule has 0 amide bonds. The number of nitrogens with one attached hydrogen (secondary N) is 1. The Hall–Kier alpha value is -3.02. The molecule has 26 heavy (non-hydrogen) atoms. The van der Waals surface area contributed by atoms with Crippen LogP contribution in [0.3, 0.4) is 0 Å². The molecule has 6 heteroatoms. The van der Waals surface area contributed by atoms with Gasteiger partial charge < -0.3 is 5.32 Å². The quantitative estimate of drug-likeness (QED) is 0.557. The summed E-state index contributed by atoms with van der Waals surface area (Å²) in [6.45, 7) is 6.04. The smallest absolute Gasteiger partial charge is 0.269 e. The van der Waals surface area contributed by atoms with Gasteiger partial charge in [0.05, 0.1) is 10.4 Å². The highest BCUT2D eigenvalue weighted by Crippen LogP contribution is 2.29. The molecule has 0 saturated carbocycles. The number of nitrogens with zero attached hydrogens (tertiary/aromatic N) is 3. The maximum atomic E-state index is 10.9. The third kappa shape index (κ3) is 3.49. The molecule has 0 fully saturated rings. The van der Waals surface area contributed by atoms with Crippen LogP contribution in [0.2, 0.25) is 0 Å². The normalized spacial score (nSPS) is 15.1. The van der Waals surface area contributed by atoms with E-state index in [-0.39, 0.29) is 16.7 Å². The molecule has 0 spiro atoms. The molecule has 6 nitrogen and oxygen atoms in total. The minimum Gasteiger partial charge on any atom is -0.366 e. The number of aryl methyl sites for hydroxylation is 1. The van der Waals surface area contributed by atoms with Crippen LogP contribution in [-0.4, -0.2) is 20.9 Å². The highest BCUT2D eigenvalue weighted by molar-refractivity contribution is 5.89.